The molecule has 0 saturated carbocycles. The Morgan fingerprint density at radius 3 is 2.20 bits per heavy atom. The van der Waals surface area contributed by atoms with Gasteiger partial charge < -0.3 is 14.9 Å². The number of benzene rings is 2. The predicted molar refractivity (Wildman–Crippen MR) is 124 cm³/mol. The number of likely N-dealkylation sites (tertiary alicyclic amines) is 1. The Hall–Kier alpha value is -1.24. The molecule has 4 nitrogen and oxygen atoms in total. The van der Waals surface area contributed by atoms with Crippen LogP contribution in [0.1, 0.15) is 35.8 Å². The maximum Gasteiger partial charge on any atom is 0.233 e. The van der Waals surface area contributed by atoms with Crippen LogP contribution in [0.15, 0.2) is 48.5 Å². The molecule has 4 rings (SSSR count). The number of nitrogens with zero attached hydrogens (tertiary/aromatic N) is 2. The van der Waals surface area contributed by atoms with Gasteiger partial charge in [0.1, 0.15) is 5.37 Å². The Balaban J connectivity index is 1.28. The van der Waals surface area contributed by atoms with Gasteiger partial charge in [0.15, 0.2) is 0 Å². The molecule has 0 spiro atoms. The topological polar surface area (TPSA) is 43.8 Å². The minimum Gasteiger partial charge on any atom is -0.385 e. The minimum atomic E-state index is -0.775. The zero-order valence-electron chi connectivity index (χ0n) is 16.8. The molecule has 2 heterocycles. The summed E-state index contributed by atoms with van der Waals surface area (Å²) in [6.07, 6.45) is 2.34. The molecular weight excluding hydrogens is 439 g/mol. The number of piperidine rings is 1. The van der Waals surface area contributed by atoms with Crippen molar-refractivity contribution in [3.63, 3.8) is 0 Å². The molecule has 0 bridgehead atoms. The largest absolute Gasteiger partial charge is 0.385 e. The number of amides is 1. The Morgan fingerprint density at radius 1 is 0.967 bits per heavy atom. The normalized spacial score (nSPS) is 21.9. The van der Waals surface area contributed by atoms with Crippen LogP contribution in [0.3, 0.4) is 0 Å². The van der Waals surface area contributed by atoms with E-state index in [2.05, 4.69) is 4.90 Å². The maximum atomic E-state index is 12.4. The number of aliphatic hydroxyl groups is 1. The van der Waals surface area contributed by atoms with Crippen molar-refractivity contribution in [3.8, 4) is 0 Å². The Bertz CT molecular complexity index is 868. The van der Waals surface area contributed by atoms with Gasteiger partial charge in [-0.3, -0.25) is 4.79 Å². The van der Waals surface area contributed by atoms with E-state index in [4.69, 9.17) is 23.2 Å². The summed E-state index contributed by atoms with van der Waals surface area (Å²) in [4.78, 5) is 16.8. The van der Waals surface area contributed by atoms with Gasteiger partial charge in [-0.15, -0.1) is 11.8 Å². The van der Waals surface area contributed by atoms with E-state index < -0.39 is 5.60 Å². The number of carbonyl (C=O) groups is 1. The van der Waals surface area contributed by atoms with E-state index in [1.807, 2.05) is 53.4 Å². The first-order valence-electron chi connectivity index (χ1n) is 10.3. The summed E-state index contributed by atoms with van der Waals surface area (Å²) in [6.45, 7) is 3.38. The Kier molecular flexibility index (Phi) is 6.95. The third-order valence-electron chi connectivity index (χ3n) is 6.06. The van der Waals surface area contributed by atoms with Crippen LogP contribution >= 0.6 is 35.0 Å². The standard InChI is InChI=1S/C23H26Cl2N2O2S/c24-19-6-2-17(3-7-19)22-27(21(28)16-30-22)13-1-12-26-14-10-23(29,11-15-26)18-4-8-20(25)9-5-18/h2-9,22,29H,1,10-16H2/t22-/m0/s1. The zero-order valence-corrected chi connectivity index (χ0v) is 19.1. The van der Waals surface area contributed by atoms with Crippen LogP contribution in [0.5, 0.6) is 0 Å². The average molecular weight is 465 g/mol. The Morgan fingerprint density at radius 2 is 1.57 bits per heavy atom. The zero-order chi connectivity index (χ0) is 21.1. The summed E-state index contributed by atoms with van der Waals surface area (Å²) in [6, 6.07) is 15.3. The van der Waals surface area contributed by atoms with Gasteiger partial charge in [0.25, 0.3) is 0 Å². The van der Waals surface area contributed by atoms with Crippen molar-refractivity contribution in [3.05, 3.63) is 69.7 Å². The lowest BCUT2D eigenvalue weighted by atomic mass is 9.84. The molecule has 1 amide bonds. The van der Waals surface area contributed by atoms with Gasteiger partial charge in [-0.2, -0.15) is 0 Å². The number of hydrogen-bond acceptors (Lipinski definition) is 4. The van der Waals surface area contributed by atoms with Crippen molar-refractivity contribution >= 4 is 40.9 Å². The van der Waals surface area contributed by atoms with Crippen LogP contribution in [0.25, 0.3) is 0 Å². The summed E-state index contributed by atoms with van der Waals surface area (Å²) in [5.41, 5.74) is 1.29. The van der Waals surface area contributed by atoms with Gasteiger partial charge in [0, 0.05) is 29.7 Å². The summed E-state index contributed by atoms with van der Waals surface area (Å²) in [5.74, 6) is 0.737. The molecule has 30 heavy (non-hydrogen) atoms. The van der Waals surface area contributed by atoms with E-state index in [0.717, 1.165) is 43.7 Å². The first-order chi connectivity index (χ1) is 14.4. The van der Waals surface area contributed by atoms with Gasteiger partial charge in [-0.25, -0.2) is 0 Å². The third-order valence-corrected chi connectivity index (χ3v) is 7.82. The molecule has 2 aromatic rings. The molecule has 0 aliphatic carbocycles. The van der Waals surface area contributed by atoms with Crippen molar-refractivity contribution in [2.24, 2.45) is 0 Å². The van der Waals surface area contributed by atoms with Crippen LogP contribution in [-0.2, 0) is 10.4 Å². The molecule has 2 aliphatic rings. The van der Waals surface area contributed by atoms with Gasteiger partial charge in [-0.05, 0) is 61.2 Å². The second kappa shape index (κ2) is 9.49. The number of rotatable bonds is 6. The molecule has 2 aliphatic heterocycles. The SMILES string of the molecule is O=C1CS[C@@H](c2ccc(Cl)cc2)N1CCCN1CCC(O)(c2ccc(Cl)cc2)CC1. The molecule has 0 unspecified atom stereocenters. The second-order valence-electron chi connectivity index (χ2n) is 8.04. The van der Waals surface area contributed by atoms with Crippen molar-refractivity contribution in [1.82, 2.24) is 9.80 Å². The van der Waals surface area contributed by atoms with Crippen molar-refractivity contribution in [2.75, 3.05) is 31.9 Å². The van der Waals surface area contributed by atoms with Crippen LogP contribution in [-0.4, -0.2) is 52.7 Å². The molecule has 1 atom stereocenters. The monoisotopic (exact) mass is 464 g/mol. The van der Waals surface area contributed by atoms with Crippen LogP contribution in [0.4, 0.5) is 0 Å². The summed E-state index contributed by atoms with van der Waals surface area (Å²) < 4.78 is 0. The summed E-state index contributed by atoms with van der Waals surface area (Å²) in [5, 5.41) is 12.5. The van der Waals surface area contributed by atoms with Gasteiger partial charge >= 0.3 is 0 Å². The van der Waals surface area contributed by atoms with E-state index in [0.29, 0.717) is 28.6 Å². The fraction of sp³-hybridized carbons (Fsp3) is 0.435. The molecule has 2 fully saturated rings. The predicted octanol–water partition coefficient (Wildman–Crippen LogP) is 4.94. The molecular formula is C23H26Cl2N2O2S. The van der Waals surface area contributed by atoms with Gasteiger partial charge in [0.05, 0.1) is 11.4 Å². The highest BCUT2D eigenvalue weighted by Gasteiger charge is 2.35. The highest BCUT2D eigenvalue weighted by molar-refractivity contribution is 8.00. The molecule has 0 radical (unpaired) electrons. The number of thioether (sulfide) groups is 1. The third kappa shape index (κ3) is 4.97. The fourth-order valence-corrected chi connectivity index (χ4v) is 5.73. The quantitative estimate of drug-likeness (QED) is 0.657. The molecule has 0 aromatic heterocycles. The van der Waals surface area contributed by atoms with Gasteiger partial charge in [-0.1, -0.05) is 47.5 Å². The lowest BCUT2D eigenvalue weighted by Crippen LogP contribution is -2.43. The number of hydrogen-bond donors (Lipinski definition) is 1. The number of carbonyl (C=O) groups excluding carboxylic acids is 1. The highest BCUT2D eigenvalue weighted by atomic mass is 35.5. The molecule has 1 N–H and O–H groups in total. The summed E-state index contributed by atoms with van der Waals surface area (Å²) in [7, 11) is 0. The average Bonchev–Trinajstić information content (AvgIpc) is 3.11. The first kappa shape index (κ1) is 22.0. The van der Waals surface area contributed by atoms with E-state index in [1.54, 1.807) is 11.8 Å². The Labute approximate surface area is 192 Å². The van der Waals surface area contributed by atoms with Gasteiger partial charge in [0.2, 0.25) is 5.91 Å². The minimum absolute atomic E-state index is 0.0751. The highest BCUT2D eigenvalue weighted by Crippen LogP contribution is 2.39. The van der Waals surface area contributed by atoms with Crippen LogP contribution < -0.4 is 0 Å². The summed E-state index contributed by atoms with van der Waals surface area (Å²) >= 11 is 13.7. The fourth-order valence-electron chi connectivity index (χ4n) is 4.26. The lowest BCUT2D eigenvalue weighted by molar-refractivity contribution is -0.128. The smallest absolute Gasteiger partial charge is 0.233 e. The van der Waals surface area contributed by atoms with Crippen molar-refractivity contribution < 1.29 is 9.90 Å². The first-order valence-corrected chi connectivity index (χ1v) is 12.1. The van der Waals surface area contributed by atoms with E-state index >= 15 is 0 Å². The van der Waals surface area contributed by atoms with Crippen LogP contribution in [0, 0.1) is 0 Å². The van der Waals surface area contributed by atoms with Crippen LogP contribution in [0.2, 0.25) is 10.0 Å². The van der Waals surface area contributed by atoms with Crippen molar-refractivity contribution in [1.29, 1.82) is 0 Å². The maximum absolute atomic E-state index is 12.4. The van der Waals surface area contributed by atoms with E-state index in [1.165, 1.54) is 0 Å². The number of halogens is 2. The van der Waals surface area contributed by atoms with E-state index in [-0.39, 0.29) is 11.3 Å². The second-order valence-corrected chi connectivity index (χ2v) is 9.98. The molecule has 7 heteroatoms. The molecule has 2 saturated heterocycles. The molecule has 160 valence electrons. The van der Waals surface area contributed by atoms with Crippen molar-refractivity contribution in [2.45, 2.75) is 30.2 Å². The van der Waals surface area contributed by atoms with E-state index in [9.17, 15) is 9.90 Å². The lowest BCUT2D eigenvalue weighted by Gasteiger charge is -2.39. The molecule has 2 aromatic carbocycles.